The smallest absolute Gasteiger partial charge is 0.474 e. The third kappa shape index (κ3) is 6.90. The summed E-state index contributed by atoms with van der Waals surface area (Å²) in [7, 11) is -4.50. The van der Waals surface area contributed by atoms with Gasteiger partial charge in [0.25, 0.3) is 0 Å². The van der Waals surface area contributed by atoms with Crippen LogP contribution in [0, 0.1) is 23.2 Å². The van der Waals surface area contributed by atoms with E-state index in [2.05, 4.69) is 36.6 Å². The lowest BCUT2D eigenvalue weighted by Crippen LogP contribution is -2.45. The Morgan fingerprint density at radius 1 is 1.11 bits per heavy atom. The topological polar surface area (TPSA) is 195 Å². The summed E-state index contributed by atoms with van der Waals surface area (Å²) in [4.78, 5) is 28.0. The number of azide groups is 2. The van der Waals surface area contributed by atoms with Crippen LogP contribution in [0.5, 0.6) is 0 Å². The van der Waals surface area contributed by atoms with Crippen LogP contribution in [0.25, 0.3) is 20.9 Å². The van der Waals surface area contributed by atoms with Gasteiger partial charge in [-0.25, -0.2) is 9.09 Å². The van der Waals surface area contributed by atoms with Crippen molar-refractivity contribution in [3.05, 3.63) is 56.5 Å². The summed E-state index contributed by atoms with van der Waals surface area (Å²) < 4.78 is 36.4. The van der Waals surface area contributed by atoms with Gasteiger partial charge in [0.15, 0.2) is 5.78 Å². The van der Waals surface area contributed by atoms with Crippen LogP contribution in [0.15, 0.2) is 46.2 Å². The Morgan fingerprint density at radius 2 is 1.82 bits per heavy atom. The molecule has 3 rings (SSSR count). The fourth-order valence-corrected chi connectivity index (χ4v) is 6.75. The Kier molecular flexibility index (Phi) is 9.88. The van der Waals surface area contributed by atoms with Gasteiger partial charge >= 0.3 is 13.8 Å². The van der Waals surface area contributed by atoms with Crippen LogP contribution in [0.4, 0.5) is 0 Å². The number of ketones is 1. The van der Waals surface area contributed by atoms with Crippen molar-refractivity contribution < 1.29 is 37.4 Å². The first-order chi connectivity index (χ1) is 18.1. The number of ether oxygens (including phenoxy) is 2. The number of hydrogen-bond donors (Lipinski definition) is 0. The number of nitrogens with zero attached hydrogens (tertiary/aromatic N) is 6. The van der Waals surface area contributed by atoms with Gasteiger partial charge in [-0.05, 0) is 97.6 Å². The first kappa shape index (κ1) is 29.1. The molecule has 3 unspecified atom stereocenters. The van der Waals surface area contributed by atoms with Gasteiger partial charge in [0.05, 0.1) is 6.26 Å². The summed E-state index contributed by atoms with van der Waals surface area (Å²) in [6, 6.07) is 0. The Hall–Kier alpha value is -3.43. The van der Waals surface area contributed by atoms with E-state index in [1.807, 2.05) is 6.08 Å². The van der Waals surface area contributed by atoms with Crippen LogP contribution in [0.3, 0.4) is 0 Å². The molecule has 3 aliphatic carbocycles. The SMILES string of the molecule is CC(=O)/C=C/C1=C(/C=C/OCOP(=O)(ON=[N+]=[N-])ON=[N+]=[N-])CCC2C1CC[C@@]1(C)C2CC[C@@H]1OC(C)=O. The molecule has 0 heterocycles. The molecule has 2 fully saturated rings. The number of allylic oxidation sites excluding steroid dienone is 5. The lowest BCUT2D eigenvalue weighted by molar-refractivity contribution is -0.155. The summed E-state index contributed by atoms with van der Waals surface area (Å²) in [5.74, 6) is 0.778. The first-order valence-electron chi connectivity index (χ1n) is 12.2. The van der Waals surface area contributed by atoms with Crippen LogP contribution in [0.1, 0.15) is 59.3 Å². The van der Waals surface area contributed by atoms with Crippen molar-refractivity contribution in [1.82, 2.24) is 0 Å². The van der Waals surface area contributed by atoms with Crippen LogP contribution in [-0.4, -0.2) is 24.6 Å². The lowest BCUT2D eigenvalue weighted by Gasteiger charge is -2.50. The van der Waals surface area contributed by atoms with Crippen LogP contribution >= 0.6 is 7.82 Å². The monoisotopic (exact) mass is 550 g/mol. The minimum atomic E-state index is -4.50. The number of esters is 1. The number of carbonyl (C=O) groups excluding carboxylic acids is 2. The zero-order valence-corrected chi connectivity index (χ0v) is 22.4. The van der Waals surface area contributed by atoms with Gasteiger partial charge < -0.3 is 18.7 Å². The average Bonchev–Trinajstić information content (AvgIpc) is 3.20. The third-order valence-electron chi connectivity index (χ3n) is 7.66. The van der Waals surface area contributed by atoms with Crippen molar-refractivity contribution in [1.29, 1.82) is 0 Å². The maximum Gasteiger partial charge on any atom is 0.603 e. The van der Waals surface area contributed by atoms with E-state index in [1.54, 1.807) is 12.2 Å². The van der Waals surface area contributed by atoms with Gasteiger partial charge in [-0.1, -0.05) is 13.0 Å². The second-order valence-electron chi connectivity index (χ2n) is 9.73. The molecular weight excluding hydrogens is 519 g/mol. The van der Waals surface area contributed by atoms with E-state index in [4.69, 9.17) is 25.1 Å². The predicted molar refractivity (Wildman–Crippen MR) is 133 cm³/mol. The molecule has 0 spiro atoms. The Balaban J connectivity index is 1.74. The number of carbonyl (C=O) groups is 2. The quantitative estimate of drug-likeness (QED) is 0.0244. The molecule has 0 amide bonds. The fraction of sp³-hybridized carbons (Fsp3) is 0.652. The highest BCUT2D eigenvalue weighted by Crippen LogP contribution is 2.61. The molecule has 0 aliphatic heterocycles. The Labute approximate surface area is 219 Å². The predicted octanol–water partition coefficient (Wildman–Crippen LogP) is 6.69. The molecule has 206 valence electrons. The van der Waals surface area contributed by atoms with Crippen molar-refractivity contribution in [3.8, 4) is 0 Å². The molecule has 0 bridgehead atoms. The van der Waals surface area contributed by atoms with Gasteiger partial charge in [-0.2, -0.15) is 0 Å². The Morgan fingerprint density at radius 3 is 2.45 bits per heavy atom. The van der Waals surface area contributed by atoms with Crippen molar-refractivity contribution in [2.75, 3.05) is 6.79 Å². The Bertz CT molecular complexity index is 1130. The molecule has 0 radical (unpaired) electrons. The van der Waals surface area contributed by atoms with Gasteiger partial charge in [-0.3, -0.25) is 9.59 Å². The number of rotatable bonds is 12. The second-order valence-corrected chi connectivity index (χ2v) is 11.2. The summed E-state index contributed by atoms with van der Waals surface area (Å²) >= 11 is 0. The zero-order valence-electron chi connectivity index (χ0n) is 21.5. The van der Waals surface area contributed by atoms with Gasteiger partial charge in [0, 0.05) is 22.2 Å². The van der Waals surface area contributed by atoms with Crippen molar-refractivity contribution in [2.45, 2.75) is 65.4 Å². The van der Waals surface area contributed by atoms with E-state index < -0.39 is 14.6 Å². The molecule has 38 heavy (non-hydrogen) atoms. The number of fused-ring (bicyclic) bond motifs is 3. The molecule has 15 heteroatoms. The molecule has 0 aromatic carbocycles. The number of phosphoric acid groups is 1. The molecule has 3 aliphatic rings. The average molecular weight is 551 g/mol. The molecule has 5 atom stereocenters. The maximum absolute atomic E-state index is 12.2. The van der Waals surface area contributed by atoms with Crippen molar-refractivity contribution >= 4 is 19.6 Å². The molecular formula is C23H31N6O8P. The zero-order chi connectivity index (χ0) is 27.8. The largest absolute Gasteiger partial charge is 0.603 e. The molecule has 14 nitrogen and oxygen atoms in total. The van der Waals surface area contributed by atoms with Gasteiger partial charge in [-0.15, -0.1) is 0 Å². The summed E-state index contributed by atoms with van der Waals surface area (Å²) in [6.45, 7) is 4.58. The van der Waals surface area contributed by atoms with E-state index >= 15 is 0 Å². The highest BCUT2D eigenvalue weighted by molar-refractivity contribution is 7.48. The lowest BCUT2D eigenvalue weighted by atomic mass is 9.55. The molecule has 0 saturated heterocycles. The fourth-order valence-electron chi connectivity index (χ4n) is 6.19. The van der Waals surface area contributed by atoms with E-state index in [0.29, 0.717) is 11.8 Å². The van der Waals surface area contributed by atoms with E-state index in [-0.39, 0.29) is 29.2 Å². The van der Waals surface area contributed by atoms with Gasteiger partial charge in [0.1, 0.15) is 16.7 Å². The van der Waals surface area contributed by atoms with Crippen LogP contribution in [0.2, 0.25) is 0 Å². The second kappa shape index (κ2) is 12.9. The van der Waals surface area contributed by atoms with Crippen molar-refractivity contribution in [2.24, 2.45) is 33.7 Å². The third-order valence-corrected chi connectivity index (χ3v) is 8.63. The summed E-state index contributed by atoms with van der Waals surface area (Å²) in [5.41, 5.74) is 18.6. The normalized spacial score (nSPS) is 29.9. The van der Waals surface area contributed by atoms with E-state index in [1.165, 1.54) is 20.1 Å². The van der Waals surface area contributed by atoms with Crippen LogP contribution in [-0.2, 0) is 37.4 Å². The van der Waals surface area contributed by atoms with Crippen LogP contribution < -0.4 is 0 Å². The van der Waals surface area contributed by atoms with Crippen molar-refractivity contribution in [3.63, 3.8) is 0 Å². The highest BCUT2D eigenvalue weighted by atomic mass is 31.2. The molecule has 2 saturated carbocycles. The minimum Gasteiger partial charge on any atom is -0.474 e. The summed E-state index contributed by atoms with van der Waals surface area (Å²) in [5, 5.41) is 5.28. The number of hydrogen-bond acceptors (Lipinski definition) is 10. The standard InChI is InChI=1S/C23H31N6O8P/c1-15(30)4-6-18-17(11-13-33-14-34-38(32,36-28-26-24)37-29-27-25)5-7-20-19(18)10-12-23(3)21(20)8-9-22(23)35-16(2)31/h4,6,11,13,19-22H,5,7-10,12,14H2,1-3H3/b6-4+,13-11+/t19?,20?,21?,22-,23-/m0/s1. The first-order valence-corrected chi connectivity index (χ1v) is 13.7. The molecule has 0 aromatic rings. The van der Waals surface area contributed by atoms with E-state index in [9.17, 15) is 14.2 Å². The molecule has 0 aromatic heterocycles. The molecule has 0 N–H and O–H groups in total. The van der Waals surface area contributed by atoms with E-state index in [0.717, 1.165) is 49.7 Å². The highest BCUT2D eigenvalue weighted by Gasteiger charge is 2.56. The minimum absolute atomic E-state index is 0.0557. The maximum atomic E-state index is 12.2. The summed E-state index contributed by atoms with van der Waals surface area (Å²) in [6.07, 6.45) is 11.9. The van der Waals surface area contributed by atoms with Gasteiger partial charge in [0.2, 0.25) is 6.79 Å².